The molecule has 0 unspecified atom stereocenters. The van der Waals surface area contributed by atoms with E-state index >= 15 is 0 Å². The molecule has 3 aliphatic rings. The van der Waals surface area contributed by atoms with E-state index in [2.05, 4.69) is 77.7 Å². The average Bonchev–Trinajstić information content (AvgIpc) is 3.17. The van der Waals surface area contributed by atoms with E-state index in [-0.39, 0.29) is 26.8 Å². The molecule has 0 spiro atoms. The van der Waals surface area contributed by atoms with Gasteiger partial charge in [0.15, 0.2) is 33.8 Å². The van der Waals surface area contributed by atoms with Gasteiger partial charge >= 0.3 is 15.5 Å². The van der Waals surface area contributed by atoms with Gasteiger partial charge in [0, 0.05) is 0 Å². The summed E-state index contributed by atoms with van der Waals surface area (Å²) in [5.74, 6) is -0.166. The van der Waals surface area contributed by atoms with Crippen LogP contribution in [0.1, 0.15) is 41.5 Å². The number of rotatable bonds is 5. The van der Waals surface area contributed by atoms with Crippen molar-refractivity contribution >= 4 is 49.8 Å². The topological polar surface area (TPSA) is 103 Å². The van der Waals surface area contributed by atoms with Crippen LogP contribution in [0, 0.1) is 0 Å². The lowest BCUT2D eigenvalue weighted by molar-refractivity contribution is -0.0483. The van der Waals surface area contributed by atoms with Crippen LogP contribution in [0.15, 0.2) is 6.33 Å². The number of ether oxygens (including phenoxy) is 2. The third kappa shape index (κ3) is 5.09. The Morgan fingerprint density at radius 3 is 2.00 bits per heavy atom. The lowest BCUT2D eigenvalue weighted by Gasteiger charge is -2.46. The Labute approximate surface area is 240 Å². The van der Waals surface area contributed by atoms with Crippen LogP contribution in [0.3, 0.4) is 0 Å². The Kier molecular flexibility index (Phi) is 7.78. The molecular formula is C23H38ClF3N4O6SSi2. The van der Waals surface area contributed by atoms with Crippen molar-refractivity contribution in [3.05, 3.63) is 11.5 Å². The number of nitrogens with zero attached hydrogens (tertiary/aromatic N) is 4. The second-order valence-corrected chi connectivity index (χ2v) is 25.1. The fourth-order valence-corrected chi connectivity index (χ4v) is 8.25. The number of sulfonamides is 1. The molecule has 0 saturated carbocycles. The third-order valence-electron chi connectivity index (χ3n) is 8.66. The van der Waals surface area contributed by atoms with Crippen molar-refractivity contribution in [3.63, 3.8) is 0 Å². The molecule has 1 aromatic heterocycles. The van der Waals surface area contributed by atoms with Crippen molar-refractivity contribution in [1.29, 1.82) is 0 Å². The zero-order chi connectivity index (χ0) is 30.4. The van der Waals surface area contributed by atoms with E-state index in [1.165, 1.54) is 4.90 Å². The molecular weight excluding hydrogens is 609 g/mol. The van der Waals surface area contributed by atoms with Crippen molar-refractivity contribution in [2.45, 2.75) is 114 Å². The zero-order valence-electron chi connectivity index (χ0n) is 24.3. The predicted molar refractivity (Wildman–Crippen MR) is 150 cm³/mol. The number of alkyl halides is 3. The van der Waals surface area contributed by atoms with Crippen LogP contribution in [0.5, 0.6) is 0 Å². The summed E-state index contributed by atoms with van der Waals surface area (Å²) in [7, 11) is -10.9. The van der Waals surface area contributed by atoms with Gasteiger partial charge in [-0.1, -0.05) is 53.1 Å². The second kappa shape index (κ2) is 9.75. The quantitative estimate of drug-likeness (QED) is 0.306. The van der Waals surface area contributed by atoms with E-state index in [4.69, 9.17) is 29.9 Å². The van der Waals surface area contributed by atoms with Crippen LogP contribution >= 0.6 is 11.6 Å². The highest BCUT2D eigenvalue weighted by molar-refractivity contribution is 7.93. The highest BCUT2D eigenvalue weighted by Gasteiger charge is 2.64. The first-order valence-electron chi connectivity index (χ1n) is 12.9. The summed E-state index contributed by atoms with van der Waals surface area (Å²) < 4.78 is 93.5. The van der Waals surface area contributed by atoms with E-state index in [0.29, 0.717) is 0 Å². The maximum absolute atomic E-state index is 13.9. The molecule has 17 heteroatoms. The fourth-order valence-electron chi connectivity index (χ4n) is 4.35. The summed E-state index contributed by atoms with van der Waals surface area (Å²) in [6.07, 6.45) is -3.97. The molecule has 4 heterocycles. The monoisotopic (exact) mass is 646 g/mol. The largest absolute Gasteiger partial charge is 0.516 e. The van der Waals surface area contributed by atoms with Crippen LogP contribution in [-0.4, -0.2) is 78.0 Å². The van der Waals surface area contributed by atoms with E-state index in [1.807, 2.05) is 0 Å². The maximum atomic E-state index is 13.9. The minimum absolute atomic E-state index is 0.0990. The van der Waals surface area contributed by atoms with Crippen molar-refractivity contribution < 1.29 is 39.9 Å². The lowest BCUT2D eigenvalue weighted by Crippen LogP contribution is -2.61. The van der Waals surface area contributed by atoms with Gasteiger partial charge in [-0.05, 0) is 36.3 Å². The van der Waals surface area contributed by atoms with E-state index in [9.17, 15) is 21.6 Å². The molecule has 3 aliphatic heterocycles. The number of hydrogen-bond donors (Lipinski definition) is 0. The second-order valence-electron chi connectivity index (χ2n) is 13.4. The van der Waals surface area contributed by atoms with Gasteiger partial charge in [0.2, 0.25) is 6.35 Å². The normalized spacial score (nSPS) is 28.0. The van der Waals surface area contributed by atoms with Crippen LogP contribution in [0.4, 0.5) is 24.7 Å². The first-order valence-corrected chi connectivity index (χ1v) is 20.6. The number of aromatic nitrogens is 2. The molecule has 2 saturated heterocycles. The standard InChI is InChI=1S/C23H38ClF3N4O6SSi2/c1-21(2,3)39(7,8)36-15-13-11-34-20-30(19(35-13)16(15)37-40(9,10)22(4,5)6)18-14(17(24)28-12-29-18)31(20)38(32,33)23(25,26)27/h12-13,15-16,19-20H,11H2,1-10H3/t13-,15-,16-,19-,20-/m1/s1. The Bertz CT molecular complexity index is 1260. The molecule has 5 atom stereocenters. The first kappa shape index (κ1) is 31.9. The molecule has 1 aromatic rings. The van der Waals surface area contributed by atoms with Crippen molar-refractivity contribution in [2.24, 2.45) is 0 Å². The summed E-state index contributed by atoms with van der Waals surface area (Å²) in [5.41, 5.74) is -6.17. The van der Waals surface area contributed by atoms with Gasteiger partial charge in [-0.3, -0.25) is 4.90 Å². The summed E-state index contributed by atoms with van der Waals surface area (Å²) in [5, 5.41) is -0.861. The van der Waals surface area contributed by atoms with Gasteiger partial charge in [-0.2, -0.15) is 21.6 Å². The minimum atomic E-state index is -5.96. The molecule has 0 N–H and O–H groups in total. The van der Waals surface area contributed by atoms with Gasteiger partial charge in [0.25, 0.3) is 0 Å². The molecule has 2 bridgehead atoms. The van der Waals surface area contributed by atoms with Gasteiger partial charge in [-0.15, -0.1) is 0 Å². The first-order chi connectivity index (χ1) is 17.9. The zero-order valence-corrected chi connectivity index (χ0v) is 27.9. The molecule has 4 rings (SSSR count). The van der Waals surface area contributed by atoms with Gasteiger partial charge in [0.05, 0.1) is 6.61 Å². The predicted octanol–water partition coefficient (Wildman–Crippen LogP) is 5.43. The van der Waals surface area contributed by atoms with Gasteiger partial charge < -0.3 is 18.3 Å². The summed E-state index contributed by atoms with van der Waals surface area (Å²) in [6.45, 7) is 20.5. The number of fused-ring (bicyclic) bond motifs is 6. The molecule has 0 aromatic carbocycles. The SMILES string of the molecule is CC(C)(C)[Si](C)(C)O[C@@H]1[C@H](O[Si](C)(C)C(C)(C)C)[C@H]2CO[C@@H]3N(c4ncnc(Cl)c4N3S(=O)(=O)C(F)(F)F)[C@@H]1O2. The molecule has 10 nitrogen and oxygen atoms in total. The number of anilines is 2. The minimum Gasteiger partial charge on any atom is -0.408 e. The molecule has 228 valence electrons. The average molecular weight is 647 g/mol. The van der Waals surface area contributed by atoms with E-state index in [0.717, 1.165) is 6.33 Å². The Balaban J connectivity index is 1.88. The fraction of sp³-hybridized carbons (Fsp3) is 0.826. The van der Waals surface area contributed by atoms with Crippen LogP contribution in [0.25, 0.3) is 0 Å². The molecule has 2 fully saturated rings. The van der Waals surface area contributed by atoms with Crippen molar-refractivity contribution in [2.75, 3.05) is 15.8 Å². The Morgan fingerprint density at radius 2 is 1.50 bits per heavy atom. The number of hydrogen-bond acceptors (Lipinski definition) is 9. The van der Waals surface area contributed by atoms with Gasteiger partial charge in [0.1, 0.15) is 30.3 Å². The van der Waals surface area contributed by atoms with E-state index in [1.54, 1.807) is 0 Å². The van der Waals surface area contributed by atoms with Crippen LogP contribution in [0.2, 0.25) is 41.4 Å². The molecule has 0 aliphatic carbocycles. The van der Waals surface area contributed by atoms with E-state index < -0.39 is 73.9 Å². The van der Waals surface area contributed by atoms with Crippen LogP contribution in [-0.2, 0) is 28.3 Å². The number of halogens is 4. The summed E-state index contributed by atoms with van der Waals surface area (Å²) >= 11 is 6.21. The Hall–Kier alpha value is -1.02. The van der Waals surface area contributed by atoms with Crippen molar-refractivity contribution in [3.8, 4) is 0 Å². The third-order valence-corrected chi connectivity index (χ3v) is 19.3. The molecule has 0 amide bonds. The lowest BCUT2D eigenvalue weighted by atomic mass is 10.1. The summed E-state index contributed by atoms with van der Waals surface area (Å²) in [4.78, 5) is 9.17. The molecule has 0 radical (unpaired) electrons. The molecule has 40 heavy (non-hydrogen) atoms. The van der Waals surface area contributed by atoms with Crippen LogP contribution < -0.4 is 9.21 Å². The smallest absolute Gasteiger partial charge is 0.408 e. The summed E-state index contributed by atoms with van der Waals surface area (Å²) in [6, 6.07) is 0. The maximum Gasteiger partial charge on any atom is 0.516 e. The van der Waals surface area contributed by atoms with Gasteiger partial charge in [-0.25, -0.2) is 14.3 Å². The Morgan fingerprint density at radius 1 is 0.975 bits per heavy atom. The highest BCUT2D eigenvalue weighted by atomic mass is 35.5. The highest BCUT2D eigenvalue weighted by Crippen LogP contribution is 2.52. The van der Waals surface area contributed by atoms with Crippen molar-refractivity contribution in [1.82, 2.24) is 9.97 Å².